The van der Waals surface area contributed by atoms with E-state index in [-0.39, 0.29) is 24.9 Å². The highest BCUT2D eigenvalue weighted by molar-refractivity contribution is 5.85. The Labute approximate surface area is 141 Å². The average Bonchev–Trinajstić information content (AvgIpc) is 3.02. The van der Waals surface area contributed by atoms with Gasteiger partial charge in [0.2, 0.25) is 5.91 Å². The summed E-state index contributed by atoms with van der Waals surface area (Å²) in [6.07, 6.45) is 1.83. The molecular formula is C15H21ClN4O3. The molecule has 1 atom stereocenters. The maximum atomic E-state index is 11.7. The summed E-state index contributed by atoms with van der Waals surface area (Å²) in [4.78, 5) is 11.7. The summed E-state index contributed by atoms with van der Waals surface area (Å²) in [5.74, 6) is 0.524. The molecule has 0 radical (unpaired) electrons. The zero-order chi connectivity index (χ0) is 15.9. The second-order valence-electron chi connectivity index (χ2n) is 4.73. The second-order valence-corrected chi connectivity index (χ2v) is 4.73. The van der Waals surface area contributed by atoms with Crippen LogP contribution in [0.25, 0.3) is 5.69 Å². The number of nitrogens with two attached hydrogens (primary N) is 1. The number of carbonyl (C=O) groups excluding carboxylic acids is 1. The summed E-state index contributed by atoms with van der Waals surface area (Å²) in [5, 5.41) is 7.13. The van der Waals surface area contributed by atoms with Gasteiger partial charge in [-0.2, -0.15) is 5.10 Å². The molecule has 1 unspecified atom stereocenters. The fraction of sp³-hybridized carbons (Fsp3) is 0.333. The van der Waals surface area contributed by atoms with Crippen LogP contribution in [0.5, 0.6) is 5.75 Å². The van der Waals surface area contributed by atoms with Crippen molar-refractivity contribution >= 4 is 18.3 Å². The Bertz CT molecular complexity index is 615. The Hall–Kier alpha value is -2.09. The number of rotatable bonds is 7. The Morgan fingerprint density at radius 3 is 2.61 bits per heavy atom. The fourth-order valence-corrected chi connectivity index (χ4v) is 1.90. The number of methoxy groups -OCH3 is 2. The number of amides is 1. The number of nitrogens with one attached hydrogen (secondary N) is 1. The lowest BCUT2D eigenvalue weighted by molar-refractivity contribution is -0.123. The Balaban J connectivity index is 0.00000264. The first kappa shape index (κ1) is 19.0. The minimum atomic E-state index is -0.673. The van der Waals surface area contributed by atoms with Crippen molar-refractivity contribution in [1.29, 1.82) is 0 Å². The summed E-state index contributed by atoms with van der Waals surface area (Å²) < 4.78 is 11.7. The van der Waals surface area contributed by atoms with Crippen LogP contribution in [0.2, 0.25) is 0 Å². The third kappa shape index (κ3) is 5.24. The van der Waals surface area contributed by atoms with Crippen molar-refractivity contribution in [3.05, 3.63) is 42.2 Å². The van der Waals surface area contributed by atoms with E-state index < -0.39 is 6.04 Å². The molecule has 0 bridgehead atoms. The van der Waals surface area contributed by atoms with Crippen molar-refractivity contribution in [3.63, 3.8) is 0 Å². The monoisotopic (exact) mass is 340 g/mol. The summed E-state index contributed by atoms with van der Waals surface area (Å²) in [6, 6.07) is 8.70. The van der Waals surface area contributed by atoms with Crippen LogP contribution in [-0.2, 0) is 16.1 Å². The summed E-state index contributed by atoms with van der Waals surface area (Å²) in [6.45, 7) is 0.505. The molecule has 3 N–H and O–H groups in total. The summed E-state index contributed by atoms with van der Waals surface area (Å²) in [7, 11) is 3.13. The molecule has 1 aromatic heterocycles. The van der Waals surface area contributed by atoms with Crippen molar-refractivity contribution in [2.24, 2.45) is 5.73 Å². The first-order valence-electron chi connectivity index (χ1n) is 6.85. The highest BCUT2D eigenvalue weighted by Gasteiger charge is 2.12. The van der Waals surface area contributed by atoms with Crippen molar-refractivity contribution in [2.75, 3.05) is 20.8 Å². The molecule has 0 saturated heterocycles. The van der Waals surface area contributed by atoms with Gasteiger partial charge in [0.15, 0.2) is 0 Å². The number of nitrogens with zero attached hydrogens (tertiary/aromatic N) is 2. The minimum absolute atomic E-state index is 0. The van der Waals surface area contributed by atoms with Crippen LogP contribution >= 0.6 is 12.4 Å². The molecule has 0 aliphatic carbocycles. The van der Waals surface area contributed by atoms with E-state index in [1.165, 1.54) is 7.11 Å². The Morgan fingerprint density at radius 1 is 1.30 bits per heavy atom. The van der Waals surface area contributed by atoms with E-state index in [0.717, 1.165) is 17.1 Å². The number of aromatic nitrogens is 2. The molecule has 0 saturated carbocycles. The summed E-state index contributed by atoms with van der Waals surface area (Å²) >= 11 is 0. The first-order valence-corrected chi connectivity index (χ1v) is 6.85. The predicted molar refractivity (Wildman–Crippen MR) is 89.1 cm³/mol. The largest absolute Gasteiger partial charge is 0.497 e. The van der Waals surface area contributed by atoms with Crippen molar-refractivity contribution < 1.29 is 14.3 Å². The molecule has 1 aromatic carbocycles. The number of carbonyl (C=O) groups is 1. The van der Waals surface area contributed by atoms with Crippen LogP contribution in [0.1, 0.15) is 5.69 Å². The molecule has 2 rings (SSSR count). The SMILES string of the molecule is COCC(N)C(=O)NCc1ccn(-c2ccc(OC)cc2)n1.Cl. The molecule has 8 heteroatoms. The van der Waals surface area contributed by atoms with E-state index in [4.69, 9.17) is 15.2 Å². The van der Waals surface area contributed by atoms with Crippen LogP contribution in [-0.4, -0.2) is 42.6 Å². The standard InChI is InChI=1S/C15H20N4O3.ClH/c1-21-10-14(16)15(20)17-9-11-7-8-19(18-11)12-3-5-13(22-2)6-4-12;/h3-8,14H,9-10,16H2,1-2H3,(H,17,20);1H. The molecular weight excluding hydrogens is 320 g/mol. The number of hydrogen-bond acceptors (Lipinski definition) is 5. The van der Waals surface area contributed by atoms with Crippen LogP contribution in [0, 0.1) is 0 Å². The van der Waals surface area contributed by atoms with Crippen LogP contribution in [0.3, 0.4) is 0 Å². The number of benzene rings is 1. The van der Waals surface area contributed by atoms with E-state index in [0.29, 0.717) is 6.54 Å². The minimum Gasteiger partial charge on any atom is -0.497 e. The maximum Gasteiger partial charge on any atom is 0.239 e. The second kappa shape index (κ2) is 9.14. The van der Waals surface area contributed by atoms with Gasteiger partial charge in [0, 0.05) is 13.3 Å². The van der Waals surface area contributed by atoms with E-state index in [2.05, 4.69) is 10.4 Å². The zero-order valence-corrected chi connectivity index (χ0v) is 13.9. The van der Waals surface area contributed by atoms with Crippen LogP contribution in [0.4, 0.5) is 0 Å². The van der Waals surface area contributed by atoms with Crippen molar-refractivity contribution in [2.45, 2.75) is 12.6 Å². The zero-order valence-electron chi connectivity index (χ0n) is 13.1. The molecule has 0 aliphatic heterocycles. The van der Waals surface area contributed by atoms with Gasteiger partial charge in [-0.15, -0.1) is 12.4 Å². The van der Waals surface area contributed by atoms with Gasteiger partial charge in [0.25, 0.3) is 0 Å². The molecule has 0 spiro atoms. The fourth-order valence-electron chi connectivity index (χ4n) is 1.90. The van der Waals surface area contributed by atoms with Crippen LogP contribution in [0.15, 0.2) is 36.5 Å². The van der Waals surface area contributed by atoms with E-state index >= 15 is 0 Å². The lowest BCUT2D eigenvalue weighted by atomic mass is 10.3. The van der Waals surface area contributed by atoms with E-state index in [9.17, 15) is 4.79 Å². The van der Waals surface area contributed by atoms with Crippen LogP contribution < -0.4 is 15.8 Å². The predicted octanol–water partition coefficient (Wildman–Crippen LogP) is 0.893. The average molecular weight is 341 g/mol. The molecule has 0 aliphatic rings. The normalized spacial score (nSPS) is 11.4. The first-order chi connectivity index (χ1) is 10.6. The Morgan fingerprint density at radius 2 is 2.00 bits per heavy atom. The topological polar surface area (TPSA) is 91.4 Å². The van der Waals surface area contributed by atoms with Gasteiger partial charge in [0.05, 0.1) is 31.6 Å². The van der Waals surface area contributed by atoms with E-state index in [1.807, 2.05) is 36.5 Å². The maximum absolute atomic E-state index is 11.7. The molecule has 1 amide bonds. The van der Waals surface area contributed by atoms with E-state index in [1.54, 1.807) is 11.8 Å². The third-order valence-electron chi connectivity index (χ3n) is 3.11. The molecule has 2 aromatic rings. The summed E-state index contributed by atoms with van der Waals surface area (Å²) in [5.41, 5.74) is 7.30. The number of hydrogen-bond donors (Lipinski definition) is 2. The quantitative estimate of drug-likeness (QED) is 0.781. The molecule has 23 heavy (non-hydrogen) atoms. The Kier molecular flexibility index (Phi) is 7.53. The van der Waals surface area contributed by atoms with Gasteiger partial charge >= 0.3 is 0 Å². The highest BCUT2D eigenvalue weighted by atomic mass is 35.5. The number of ether oxygens (including phenoxy) is 2. The van der Waals surface area contributed by atoms with Gasteiger partial charge in [0.1, 0.15) is 11.8 Å². The van der Waals surface area contributed by atoms with Gasteiger partial charge in [-0.25, -0.2) is 4.68 Å². The van der Waals surface area contributed by atoms with Gasteiger partial charge < -0.3 is 20.5 Å². The number of halogens is 1. The molecule has 1 heterocycles. The van der Waals surface area contributed by atoms with Gasteiger partial charge in [-0.05, 0) is 30.3 Å². The molecule has 7 nitrogen and oxygen atoms in total. The smallest absolute Gasteiger partial charge is 0.239 e. The van der Waals surface area contributed by atoms with Crippen molar-refractivity contribution in [3.8, 4) is 11.4 Å². The highest BCUT2D eigenvalue weighted by Crippen LogP contribution is 2.14. The van der Waals surface area contributed by atoms with Gasteiger partial charge in [-0.1, -0.05) is 0 Å². The lowest BCUT2D eigenvalue weighted by Crippen LogP contribution is -2.43. The molecule has 126 valence electrons. The lowest BCUT2D eigenvalue weighted by Gasteiger charge is -2.10. The van der Waals surface area contributed by atoms with Gasteiger partial charge in [-0.3, -0.25) is 4.79 Å². The third-order valence-corrected chi connectivity index (χ3v) is 3.11. The van der Waals surface area contributed by atoms with Crippen molar-refractivity contribution in [1.82, 2.24) is 15.1 Å². The molecule has 0 fully saturated rings.